The van der Waals surface area contributed by atoms with Gasteiger partial charge in [0.25, 0.3) is 0 Å². The van der Waals surface area contributed by atoms with Crippen LogP contribution in [0.4, 0.5) is 10.1 Å². The molecule has 1 aromatic carbocycles. The van der Waals surface area contributed by atoms with Gasteiger partial charge >= 0.3 is 0 Å². The number of benzene rings is 1. The molecule has 108 valence electrons. The lowest BCUT2D eigenvalue weighted by Crippen LogP contribution is -2.05. The van der Waals surface area contributed by atoms with E-state index in [0.29, 0.717) is 12.1 Å². The van der Waals surface area contributed by atoms with Gasteiger partial charge in [-0.05, 0) is 38.8 Å². The van der Waals surface area contributed by atoms with Crippen molar-refractivity contribution in [2.45, 2.75) is 34.1 Å². The fraction of sp³-hybridized carbons (Fsp3) is 0.438. The maximum atomic E-state index is 13.9. The van der Waals surface area contributed by atoms with Gasteiger partial charge in [-0.25, -0.2) is 4.39 Å². The molecule has 0 saturated heterocycles. The minimum absolute atomic E-state index is 0.282. The van der Waals surface area contributed by atoms with E-state index in [-0.39, 0.29) is 11.6 Å². The van der Waals surface area contributed by atoms with Crippen LogP contribution in [0, 0.1) is 19.7 Å². The number of anilines is 1. The molecule has 0 aliphatic heterocycles. The maximum Gasteiger partial charge on any atom is 0.167 e. The lowest BCUT2D eigenvalue weighted by atomic mass is 10.1. The summed E-state index contributed by atoms with van der Waals surface area (Å²) in [6.45, 7) is 9.26. The van der Waals surface area contributed by atoms with Crippen LogP contribution in [0.15, 0.2) is 12.1 Å². The molecule has 4 heteroatoms. The van der Waals surface area contributed by atoms with Gasteiger partial charge in [0.05, 0.1) is 12.1 Å². The summed E-state index contributed by atoms with van der Waals surface area (Å²) in [6.07, 6.45) is 1.03. The third-order valence-electron chi connectivity index (χ3n) is 3.38. The maximum absolute atomic E-state index is 13.9. The number of pyridine rings is 1. The Morgan fingerprint density at radius 2 is 2.00 bits per heavy atom. The fourth-order valence-corrected chi connectivity index (χ4v) is 2.23. The summed E-state index contributed by atoms with van der Waals surface area (Å²) in [6, 6.07) is 3.19. The molecule has 0 aliphatic rings. The monoisotopic (exact) mass is 276 g/mol. The van der Waals surface area contributed by atoms with Crippen LogP contribution in [-0.4, -0.2) is 18.1 Å². The van der Waals surface area contributed by atoms with Gasteiger partial charge in [-0.1, -0.05) is 6.92 Å². The van der Waals surface area contributed by atoms with Gasteiger partial charge < -0.3 is 10.1 Å². The molecule has 0 fully saturated rings. The van der Waals surface area contributed by atoms with E-state index >= 15 is 0 Å². The van der Waals surface area contributed by atoms with Crippen LogP contribution >= 0.6 is 0 Å². The first-order valence-electron chi connectivity index (χ1n) is 7.05. The number of halogens is 1. The van der Waals surface area contributed by atoms with E-state index in [9.17, 15) is 4.39 Å². The SMILES string of the molecule is CCCNc1c(C)c(C)nc2cc(F)c(OCC)cc12. The van der Waals surface area contributed by atoms with Crippen molar-refractivity contribution in [3.05, 3.63) is 29.2 Å². The molecule has 0 atom stereocenters. The molecular weight excluding hydrogens is 255 g/mol. The summed E-state index contributed by atoms with van der Waals surface area (Å²) in [5, 5.41) is 4.33. The van der Waals surface area contributed by atoms with E-state index < -0.39 is 0 Å². The van der Waals surface area contributed by atoms with Crippen molar-refractivity contribution in [2.75, 3.05) is 18.5 Å². The van der Waals surface area contributed by atoms with E-state index in [1.165, 1.54) is 6.07 Å². The molecule has 2 rings (SSSR count). The van der Waals surface area contributed by atoms with E-state index in [1.807, 2.05) is 20.8 Å². The van der Waals surface area contributed by atoms with Crippen LogP contribution in [0.25, 0.3) is 10.9 Å². The van der Waals surface area contributed by atoms with Gasteiger partial charge in [0.15, 0.2) is 11.6 Å². The Morgan fingerprint density at radius 3 is 2.65 bits per heavy atom. The van der Waals surface area contributed by atoms with Crippen molar-refractivity contribution < 1.29 is 9.13 Å². The van der Waals surface area contributed by atoms with Gasteiger partial charge in [0, 0.05) is 29.4 Å². The van der Waals surface area contributed by atoms with Gasteiger partial charge in [-0.3, -0.25) is 4.98 Å². The normalized spacial score (nSPS) is 10.8. The van der Waals surface area contributed by atoms with Crippen molar-refractivity contribution in [1.82, 2.24) is 4.98 Å². The van der Waals surface area contributed by atoms with Crippen LogP contribution in [0.2, 0.25) is 0 Å². The number of rotatable bonds is 5. The first kappa shape index (κ1) is 14.6. The van der Waals surface area contributed by atoms with Gasteiger partial charge in [0.1, 0.15) is 0 Å². The zero-order valence-corrected chi connectivity index (χ0v) is 12.5. The highest BCUT2D eigenvalue weighted by atomic mass is 19.1. The molecule has 1 heterocycles. The van der Waals surface area contributed by atoms with Crippen molar-refractivity contribution in [3.63, 3.8) is 0 Å². The lowest BCUT2D eigenvalue weighted by molar-refractivity contribution is 0.322. The summed E-state index contributed by atoms with van der Waals surface area (Å²) in [5.41, 5.74) is 3.70. The average Bonchev–Trinajstić information content (AvgIpc) is 2.42. The van der Waals surface area contributed by atoms with Crippen molar-refractivity contribution >= 4 is 16.6 Å². The van der Waals surface area contributed by atoms with Crippen LogP contribution in [0.5, 0.6) is 5.75 Å². The Morgan fingerprint density at radius 1 is 1.25 bits per heavy atom. The Hall–Kier alpha value is -1.84. The van der Waals surface area contributed by atoms with Gasteiger partial charge in [0.2, 0.25) is 0 Å². The van der Waals surface area contributed by atoms with Crippen molar-refractivity contribution in [2.24, 2.45) is 0 Å². The van der Waals surface area contributed by atoms with Crippen LogP contribution in [0.3, 0.4) is 0 Å². The summed E-state index contributed by atoms with van der Waals surface area (Å²) in [7, 11) is 0. The van der Waals surface area contributed by atoms with Gasteiger partial charge in [-0.2, -0.15) is 0 Å². The highest BCUT2D eigenvalue weighted by Gasteiger charge is 2.13. The van der Waals surface area contributed by atoms with E-state index in [4.69, 9.17) is 4.74 Å². The number of nitrogens with one attached hydrogen (secondary N) is 1. The van der Waals surface area contributed by atoms with E-state index in [2.05, 4.69) is 17.2 Å². The highest BCUT2D eigenvalue weighted by Crippen LogP contribution is 2.32. The number of ether oxygens (including phenoxy) is 1. The topological polar surface area (TPSA) is 34.2 Å². The molecule has 0 saturated carbocycles. The standard InChI is InChI=1S/C16H21FN2O/c1-5-7-18-16-10(3)11(4)19-14-9-13(17)15(20-6-2)8-12(14)16/h8-9H,5-7H2,1-4H3,(H,18,19). The molecule has 0 radical (unpaired) electrons. The zero-order chi connectivity index (χ0) is 14.7. The molecule has 0 unspecified atom stereocenters. The molecule has 0 amide bonds. The molecule has 1 aromatic heterocycles. The predicted molar refractivity (Wildman–Crippen MR) is 81.1 cm³/mol. The summed E-state index contributed by atoms with van der Waals surface area (Å²) in [5.74, 6) is -0.0823. The Kier molecular flexibility index (Phi) is 4.42. The van der Waals surface area contributed by atoms with Crippen LogP contribution < -0.4 is 10.1 Å². The minimum Gasteiger partial charge on any atom is -0.491 e. The van der Waals surface area contributed by atoms with Crippen LogP contribution in [-0.2, 0) is 0 Å². The summed E-state index contributed by atoms with van der Waals surface area (Å²) in [4.78, 5) is 4.47. The van der Waals surface area contributed by atoms with Crippen LogP contribution in [0.1, 0.15) is 31.5 Å². The first-order valence-corrected chi connectivity index (χ1v) is 7.05. The number of fused-ring (bicyclic) bond motifs is 1. The molecule has 2 aromatic rings. The molecule has 1 N–H and O–H groups in total. The molecule has 0 spiro atoms. The molecule has 0 aliphatic carbocycles. The fourth-order valence-electron chi connectivity index (χ4n) is 2.23. The first-order chi connectivity index (χ1) is 9.58. The number of hydrogen-bond acceptors (Lipinski definition) is 3. The smallest absolute Gasteiger partial charge is 0.167 e. The number of aromatic nitrogens is 1. The molecule has 20 heavy (non-hydrogen) atoms. The second kappa shape index (κ2) is 6.07. The second-order valence-electron chi connectivity index (χ2n) is 4.86. The van der Waals surface area contributed by atoms with E-state index in [1.54, 1.807) is 6.07 Å². The summed E-state index contributed by atoms with van der Waals surface area (Å²) >= 11 is 0. The third kappa shape index (κ3) is 2.69. The molecule has 3 nitrogen and oxygen atoms in total. The highest BCUT2D eigenvalue weighted by molar-refractivity contribution is 5.94. The number of aryl methyl sites for hydroxylation is 1. The van der Waals surface area contributed by atoms with E-state index in [0.717, 1.165) is 35.3 Å². The summed E-state index contributed by atoms with van der Waals surface area (Å²) < 4.78 is 19.3. The van der Waals surface area contributed by atoms with Gasteiger partial charge in [-0.15, -0.1) is 0 Å². The average molecular weight is 276 g/mol. The van der Waals surface area contributed by atoms with Crippen molar-refractivity contribution in [3.8, 4) is 5.75 Å². The lowest BCUT2D eigenvalue weighted by Gasteiger charge is -2.15. The Balaban J connectivity index is 2.65. The number of nitrogens with zero attached hydrogens (tertiary/aromatic N) is 1. The quantitative estimate of drug-likeness (QED) is 0.888. The Bertz CT molecular complexity index is 626. The minimum atomic E-state index is -0.364. The predicted octanol–water partition coefficient (Wildman–Crippen LogP) is 4.21. The molecular formula is C16H21FN2O. The Labute approximate surface area is 119 Å². The number of hydrogen-bond donors (Lipinski definition) is 1. The zero-order valence-electron chi connectivity index (χ0n) is 12.5. The van der Waals surface area contributed by atoms with Crippen molar-refractivity contribution in [1.29, 1.82) is 0 Å². The second-order valence-corrected chi connectivity index (χ2v) is 4.86. The largest absolute Gasteiger partial charge is 0.491 e. The molecule has 0 bridgehead atoms. The third-order valence-corrected chi connectivity index (χ3v) is 3.38.